The van der Waals surface area contributed by atoms with E-state index >= 15 is 0 Å². The van der Waals surface area contributed by atoms with Gasteiger partial charge in [-0.25, -0.2) is 8.78 Å². The number of aliphatic hydroxyl groups is 1. The van der Waals surface area contributed by atoms with E-state index in [9.17, 15) is 18.7 Å². The van der Waals surface area contributed by atoms with Gasteiger partial charge in [-0.2, -0.15) is 0 Å². The second-order valence-electron chi connectivity index (χ2n) is 10.6. The van der Waals surface area contributed by atoms with Gasteiger partial charge in [0.25, 0.3) is 5.91 Å². The molecule has 34 heavy (non-hydrogen) atoms. The summed E-state index contributed by atoms with van der Waals surface area (Å²) in [7, 11) is 0. The van der Waals surface area contributed by atoms with Gasteiger partial charge in [-0.1, -0.05) is 60.7 Å². The van der Waals surface area contributed by atoms with E-state index in [0.717, 1.165) is 32.5 Å². The molecule has 2 bridgehead atoms. The Hall–Kier alpha value is -2.31. The highest BCUT2D eigenvalue weighted by atomic mass is 19.3. The van der Waals surface area contributed by atoms with Gasteiger partial charge >= 0.3 is 0 Å². The van der Waals surface area contributed by atoms with E-state index in [1.54, 1.807) is 30.3 Å². The van der Waals surface area contributed by atoms with Gasteiger partial charge < -0.3 is 10.4 Å². The van der Waals surface area contributed by atoms with E-state index in [1.165, 1.54) is 5.56 Å². The number of likely N-dealkylation sites (tertiary alicyclic amines) is 1. The third kappa shape index (κ3) is 4.63. The molecule has 0 spiro atoms. The lowest BCUT2D eigenvalue weighted by molar-refractivity contribution is -0.149. The Bertz CT molecular complexity index is 972. The number of amides is 1. The minimum Gasteiger partial charge on any atom is -0.375 e. The molecular weight excluding hydrogens is 434 g/mol. The van der Waals surface area contributed by atoms with Gasteiger partial charge in [-0.3, -0.25) is 9.69 Å². The highest BCUT2D eigenvalue weighted by molar-refractivity contribution is 5.86. The summed E-state index contributed by atoms with van der Waals surface area (Å²) in [4.78, 5) is 15.9. The minimum absolute atomic E-state index is 0.134. The smallest absolute Gasteiger partial charge is 0.256 e. The Morgan fingerprint density at radius 3 is 2.21 bits per heavy atom. The average Bonchev–Trinajstić information content (AvgIpc) is 3.33. The normalized spacial score (nSPS) is 30.1. The maximum absolute atomic E-state index is 14.0. The number of alkyl halides is 2. The van der Waals surface area contributed by atoms with Crippen LogP contribution in [0, 0.1) is 23.7 Å². The van der Waals surface area contributed by atoms with Gasteiger partial charge in [-0.05, 0) is 48.1 Å². The molecule has 1 amide bonds. The van der Waals surface area contributed by atoms with Crippen LogP contribution in [0.15, 0.2) is 60.7 Å². The highest BCUT2D eigenvalue weighted by Gasteiger charge is 2.53. The lowest BCUT2D eigenvalue weighted by Gasteiger charge is -2.39. The minimum atomic E-state index is -2.83. The highest BCUT2D eigenvalue weighted by Crippen LogP contribution is 2.48. The van der Waals surface area contributed by atoms with Crippen LogP contribution in [-0.4, -0.2) is 41.5 Å². The van der Waals surface area contributed by atoms with Crippen molar-refractivity contribution in [2.45, 2.75) is 50.2 Å². The van der Waals surface area contributed by atoms with Gasteiger partial charge in [0.05, 0.1) is 0 Å². The number of halogens is 2. The second kappa shape index (κ2) is 9.38. The summed E-state index contributed by atoms with van der Waals surface area (Å²) in [6.45, 7) is 3.44. The molecule has 4 atom stereocenters. The fraction of sp³-hybridized carbons (Fsp3) is 0.536. The van der Waals surface area contributed by atoms with Gasteiger partial charge in [0.15, 0.2) is 5.60 Å². The number of benzene rings is 2. The van der Waals surface area contributed by atoms with Crippen molar-refractivity contribution in [2.24, 2.45) is 23.7 Å². The summed E-state index contributed by atoms with van der Waals surface area (Å²) in [5, 5.41) is 14.6. The quantitative estimate of drug-likeness (QED) is 0.625. The molecule has 1 aliphatic heterocycles. The van der Waals surface area contributed by atoms with Gasteiger partial charge in [0, 0.05) is 44.9 Å². The van der Waals surface area contributed by atoms with Crippen LogP contribution in [0.1, 0.15) is 43.2 Å². The Balaban J connectivity index is 1.25. The predicted molar refractivity (Wildman–Crippen MR) is 127 cm³/mol. The van der Waals surface area contributed by atoms with Gasteiger partial charge in [-0.15, -0.1) is 0 Å². The van der Waals surface area contributed by atoms with Crippen molar-refractivity contribution in [1.29, 1.82) is 0 Å². The molecule has 5 rings (SSSR count). The predicted octanol–water partition coefficient (Wildman–Crippen LogP) is 4.58. The molecule has 2 aromatic carbocycles. The van der Waals surface area contributed by atoms with Crippen molar-refractivity contribution >= 4 is 5.91 Å². The average molecular weight is 469 g/mol. The number of hydrogen-bond acceptors (Lipinski definition) is 3. The van der Waals surface area contributed by atoms with Crippen LogP contribution >= 0.6 is 0 Å². The van der Waals surface area contributed by atoms with Crippen LogP contribution < -0.4 is 5.32 Å². The molecule has 2 aliphatic carbocycles. The molecule has 3 aliphatic rings. The van der Waals surface area contributed by atoms with Crippen molar-refractivity contribution in [3.8, 4) is 0 Å². The zero-order valence-corrected chi connectivity index (χ0v) is 19.5. The SMILES string of the molecule is O=C(NCC1C2CCC1CN(Cc1ccccc1)C2)C(O)(c1ccccc1)[C@@H]1CCC(F)(F)C1. The van der Waals surface area contributed by atoms with E-state index in [4.69, 9.17) is 0 Å². The largest absolute Gasteiger partial charge is 0.375 e. The van der Waals surface area contributed by atoms with E-state index < -0.39 is 29.8 Å². The van der Waals surface area contributed by atoms with E-state index in [0.29, 0.717) is 29.9 Å². The molecule has 4 nitrogen and oxygen atoms in total. The molecule has 2 aromatic rings. The standard InChI is InChI=1S/C28H34F2N2O2/c29-27(30)14-13-24(15-27)28(34,23-9-5-2-6-10-23)26(33)31-16-25-21-11-12-22(25)19-32(18-21)17-20-7-3-1-4-8-20/h1-10,21-22,24-25,34H,11-19H2,(H,31,33)/t21?,22?,24-,25?,28?/m1/s1. The van der Waals surface area contributed by atoms with Crippen molar-refractivity contribution < 1.29 is 18.7 Å². The Morgan fingerprint density at radius 2 is 1.62 bits per heavy atom. The van der Waals surface area contributed by atoms with E-state index in [2.05, 4.69) is 34.5 Å². The van der Waals surface area contributed by atoms with E-state index in [-0.39, 0.29) is 12.8 Å². The number of nitrogens with zero attached hydrogens (tertiary/aromatic N) is 1. The summed E-state index contributed by atoms with van der Waals surface area (Å²) in [6, 6.07) is 19.1. The first kappa shape index (κ1) is 23.4. The molecule has 182 valence electrons. The first-order chi connectivity index (χ1) is 16.3. The summed E-state index contributed by atoms with van der Waals surface area (Å²) in [6.07, 6.45) is 1.68. The van der Waals surface area contributed by atoms with E-state index in [1.807, 2.05) is 6.07 Å². The lowest BCUT2D eigenvalue weighted by Crippen LogP contribution is -2.52. The molecule has 3 fully saturated rings. The van der Waals surface area contributed by atoms with Gasteiger partial charge in [0.2, 0.25) is 5.92 Å². The van der Waals surface area contributed by atoms with Crippen LogP contribution in [-0.2, 0) is 16.9 Å². The third-order valence-electron chi connectivity index (χ3n) is 8.41. The molecular formula is C28H34F2N2O2. The molecule has 2 N–H and O–H groups in total. The van der Waals surface area contributed by atoms with Crippen LogP contribution in [0.25, 0.3) is 0 Å². The fourth-order valence-corrected chi connectivity index (χ4v) is 6.63. The first-order valence-electron chi connectivity index (χ1n) is 12.6. The number of rotatable bonds is 7. The number of carbonyl (C=O) groups excluding carboxylic acids is 1. The summed E-state index contributed by atoms with van der Waals surface area (Å²) in [5.74, 6) is -2.80. The molecule has 0 radical (unpaired) electrons. The number of carbonyl (C=O) groups is 1. The van der Waals surface area contributed by atoms with Crippen molar-refractivity contribution in [2.75, 3.05) is 19.6 Å². The zero-order chi connectivity index (χ0) is 23.8. The number of hydrogen-bond donors (Lipinski definition) is 2. The number of fused-ring (bicyclic) bond motifs is 2. The molecule has 6 heteroatoms. The third-order valence-corrected chi connectivity index (χ3v) is 8.41. The molecule has 1 heterocycles. The first-order valence-corrected chi connectivity index (χ1v) is 12.6. The number of nitrogens with one attached hydrogen (secondary N) is 1. The summed E-state index contributed by atoms with van der Waals surface area (Å²) < 4.78 is 28.1. The van der Waals surface area contributed by atoms with Crippen LogP contribution in [0.3, 0.4) is 0 Å². The summed E-state index contributed by atoms with van der Waals surface area (Å²) in [5.41, 5.74) is -0.223. The van der Waals surface area contributed by atoms with Gasteiger partial charge in [0.1, 0.15) is 0 Å². The van der Waals surface area contributed by atoms with Crippen LogP contribution in [0.2, 0.25) is 0 Å². The lowest BCUT2D eigenvalue weighted by atomic mass is 9.78. The maximum atomic E-state index is 14.0. The van der Waals surface area contributed by atoms with Crippen LogP contribution in [0.5, 0.6) is 0 Å². The number of piperidine rings is 1. The van der Waals surface area contributed by atoms with Crippen LogP contribution in [0.4, 0.5) is 8.78 Å². The van der Waals surface area contributed by atoms with Crippen molar-refractivity contribution in [3.05, 3.63) is 71.8 Å². The van der Waals surface area contributed by atoms with Crippen molar-refractivity contribution in [1.82, 2.24) is 10.2 Å². The Kier molecular flexibility index (Phi) is 6.47. The Labute approximate surface area is 200 Å². The van der Waals surface area contributed by atoms with Crippen molar-refractivity contribution in [3.63, 3.8) is 0 Å². The fourth-order valence-electron chi connectivity index (χ4n) is 6.63. The second-order valence-corrected chi connectivity index (χ2v) is 10.6. The zero-order valence-electron chi connectivity index (χ0n) is 19.5. The molecule has 0 aromatic heterocycles. The topological polar surface area (TPSA) is 52.6 Å². The monoisotopic (exact) mass is 468 g/mol. The molecule has 2 saturated carbocycles. The Morgan fingerprint density at radius 1 is 1.00 bits per heavy atom. The molecule has 3 unspecified atom stereocenters. The summed E-state index contributed by atoms with van der Waals surface area (Å²) >= 11 is 0. The maximum Gasteiger partial charge on any atom is 0.256 e. The molecule has 1 saturated heterocycles.